The molecule has 2 aliphatic rings. The number of benzene rings is 2. The second kappa shape index (κ2) is 15.7. The van der Waals surface area contributed by atoms with E-state index in [0.29, 0.717) is 37.8 Å². The van der Waals surface area contributed by atoms with Crippen LogP contribution in [-0.2, 0) is 25.7 Å². The largest absolute Gasteiger partial charge is 0.481 e. The summed E-state index contributed by atoms with van der Waals surface area (Å²) in [4.78, 5) is 36.6. The topological polar surface area (TPSA) is 137 Å². The Bertz CT molecular complexity index is 1350. The summed E-state index contributed by atoms with van der Waals surface area (Å²) < 4.78 is 13.1. The van der Waals surface area contributed by atoms with Gasteiger partial charge in [0.25, 0.3) is 0 Å². The highest BCUT2D eigenvalue weighted by Crippen LogP contribution is 2.38. The number of carboxylic acid groups (broad SMARTS) is 1. The van der Waals surface area contributed by atoms with E-state index >= 15 is 0 Å². The lowest BCUT2D eigenvalue weighted by Crippen LogP contribution is -2.50. The molecule has 11 nitrogen and oxygen atoms in total. The molecular weight excluding hydrogens is 562 g/mol. The monoisotopic (exact) mass is 603 g/mol. The zero-order chi connectivity index (χ0) is 30.7. The molecule has 3 unspecified atom stereocenters. The molecule has 2 saturated heterocycles. The minimum Gasteiger partial charge on any atom is -0.481 e. The first-order valence-electron chi connectivity index (χ1n) is 15.3. The number of hydrogen-bond acceptors (Lipinski definition) is 9. The number of piperazine rings is 1. The van der Waals surface area contributed by atoms with E-state index in [-0.39, 0.29) is 31.1 Å². The van der Waals surface area contributed by atoms with Gasteiger partial charge in [0, 0.05) is 75.6 Å². The maximum atomic E-state index is 12.5. The summed E-state index contributed by atoms with van der Waals surface area (Å²) in [6, 6.07) is 17.2. The highest BCUT2D eigenvalue weighted by atomic mass is 16.7. The maximum Gasteiger partial charge on any atom is 0.303 e. The number of aromatic nitrogens is 2. The molecule has 0 saturated carbocycles. The quantitative estimate of drug-likeness (QED) is 0.242. The summed E-state index contributed by atoms with van der Waals surface area (Å²) in [7, 11) is 0. The van der Waals surface area contributed by atoms with Crippen molar-refractivity contribution in [2.75, 3.05) is 42.9 Å². The maximum absolute atomic E-state index is 12.5. The molecule has 2 fully saturated rings. The summed E-state index contributed by atoms with van der Waals surface area (Å²) in [6.45, 7) is 4.16. The Labute approximate surface area is 257 Å². The summed E-state index contributed by atoms with van der Waals surface area (Å²) in [6.07, 6.45) is 5.67. The number of carbonyl (C=O) groups is 2. The van der Waals surface area contributed by atoms with Crippen molar-refractivity contribution in [3.63, 3.8) is 0 Å². The number of nitrogens with zero attached hydrogens (tertiary/aromatic N) is 4. The molecule has 3 aromatic rings. The highest BCUT2D eigenvalue weighted by molar-refractivity contribution is 5.90. The van der Waals surface area contributed by atoms with Gasteiger partial charge < -0.3 is 29.9 Å². The molecule has 3 atom stereocenters. The first kappa shape index (κ1) is 31.5. The molecule has 44 heavy (non-hydrogen) atoms. The third-order valence-corrected chi connectivity index (χ3v) is 8.02. The number of aliphatic hydroxyl groups excluding tert-OH is 1. The van der Waals surface area contributed by atoms with E-state index in [4.69, 9.17) is 14.6 Å². The molecule has 0 bridgehead atoms. The van der Waals surface area contributed by atoms with Gasteiger partial charge in [-0.2, -0.15) is 0 Å². The molecule has 0 radical (unpaired) electrons. The number of ether oxygens (including phenoxy) is 2. The minimum absolute atomic E-state index is 0.0129. The van der Waals surface area contributed by atoms with Gasteiger partial charge in [-0.05, 0) is 42.2 Å². The van der Waals surface area contributed by atoms with E-state index < -0.39 is 12.3 Å². The lowest BCUT2D eigenvalue weighted by Gasteiger charge is -2.40. The third-order valence-electron chi connectivity index (χ3n) is 8.02. The smallest absolute Gasteiger partial charge is 0.303 e. The average molecular weight is 604 g/mol. The van der Waals surface area contributed by atoms with Crippen LogP contribution in [0.4, 0.5) is 11.6 Å². The Hall–Kier alpha value is -3.90. The Kier molecular flexibility index (Phi) is 11.3. The summed E-state index contributed by atoms with van der Waals surface area (Å²) in [5.74, 6) is -0.167. The van der Waals surface area contributed by atoms with Crippen molar-refractivity contribution in [1.29, 1.82) is 0 Å². The van der Waals surface area contributed by atoms with Gasteiger partial charge >= 0.3 is 5.97 Å². The number of unbranched alkanes of at least 4 members (excludes halogenated alkanes) is 2. The number of amides is 1. The van der Waals surface area contributed by atoms with Crippen molar-refractivity contribution in [2.24, 2.45) is 0 Å². The van der Waals surface area contributed by atoms with E-state index in [0.717, 1.165) is 55.4 Å². The molecular formula is C33H41N5O6. The van der Waals surface area contributed by atoms with Crippen molar-refractivity contribution in [2.45, 2.75) is 63.6 Å². The Morgan fingerprint density at radius 1 is 0.886 bits per heavy atom. The van der Waals surface area contributed by atoms with Gasteiger partial charge in [0.1, 0.15) is 0 Å². The Morgan fingerprint density at radius 2 is 1.64 bits per heavy atom. The van der Waals surface area contributed by atoms with Gasteiger partial charge in [-0.3, -0.25) is 14.5 Å². The molecule has 2 aliphatic heterocycles. The SMILES string of the molecule is O=C(O)CCCCCC(=O)Nc1cccc(C2OC(CN3CCN(c4ncccn4)CC3)CC(c3ccc(CO)cc3)O2)c1. The lowest BCUT2D eigenvalue weighted by molar-refractivity contribution is -0.253. The van der Waals surface area contributed by atoms with E-state index in [1.54, 1.807) is 12.4 Å². The van der Waals surface area contributed by atoms with Crippen LogP contribution in [0.25, 0.3) is 0 Å². The number of carboxylic acids is 1. The van der Waals surface area contributed by atoms with Crippen LogP contribution in [-0.4, -0.2) is 75.8 Å². The Balaban J connectivity index is 1.23. The fourth-order valence-corrected chi connectivity index (χ4v) is 5.63. The van der Waals surface area contributed by atoms with Crippen molar-refractivity contribution >= 4 is 23.5 Å². The van der Waals surface area contributed by atoms with Crippen molar-refractivity contribution in [1.82, 2.24) is 14.9 Å². The highest BCUT2D eigenvalue weighted by Gasteiger charge is 2.34. The first-order chi connectivity index (χ1) is 21.5. The van der Waals surface area contributed by atoms with Gasteiger partial charge in [0.15, 0.2) is 6.29 Å². The lowest BCUT2D eigenvalue weighted by atomic mass is 9.99. The minimum atomic E-state index is -0.814. The van der Waals surface area contributed by atoms with Gasteiger partial charge in [0.2, 0.25) is 11.9 Å². The van der Waals surface area contributed by atoms with Crippen molar-refractivity contribution in [3.8, 4) is 0 Å². The van der Waals surface area contributed by atoms with Gasteiger partial charge in [-0.1, -0.05) is 42.8 Å². The molecule has 3 N–H and O–H groups in total. The molecule has 1 amide bonds. The van der Waals surface area contributed by atoms with Crippen LogP contribution in [0.1, 0.15) is 67.6 Å². The number of anilines is 2. The third kappa shape index (κ3) is 9.06. The predicted octanol–water partition coefficient (Wildman–Crippen LogP) is 4.31. The normalized spacial score (nSPS) is 20.8. The van der Waals surface area contributed by atoms with Gasteiger partial charge in [-0.25, -0.2) is 9.97 Å². The molecule has 5 rings (SSSR count). The number of aliphatic hydroxyl groups is 1. The molecule has 2 aromatic carbocycles. The van der Waals surface area contributed by atoms with Gasteiger partial charge in [-0.15, -0.1) is 0 Å². The van der Waals surface area contributed by atoms with Crippen molar-refractivity contribution < 1.29 is 29.3 Å². The van der Waals surface area contributed by atoms with E-state index in [1.165, 1.54) is 0 Å². The number of carbonyl (C=O) groups excluding carboxylic acids is 1. The molecule has 0 spiro atoms. The molecule has 11 heteroatoms. The fraction of sp³-hybridized carbons (Fsp3) is 0.455. The summed E-state index contributed by atoms with van der Waals surface area (Å²) in [5.41, 5.74) is 3.35. The second-order valence-electron chi connectivity index (χ2n) is 11.3. The van der Waals surface area contributed by atoms with Crippen LogP contribution < -0.4 is 10.2 Å². The predicted molar refractivity (Wildman–Crippen MR) is 165 cm³/mol. The van der Waals surface area contributed by atoms with Crippen LogP contribution in [0.15, 0.2) is 67.0 Å². The van der Waals surface area contributed by atoms with Crippen LogP contribution in [0.2, 0.25) is 0 Å². The van der Waals surface area contributed by atoms with E-state index in [2.05, 4.69) is 25.1 Å². The second-order valence-corrected chi connectivity index (χ2v) is 11.3. The molecule has 1 aromatic heterocycles. The molecule has 234 valence electrons. The summed E-state index contributed by atoms with van der Waals surface area (Å²) >= 11 is 0. The number of hydrogen-bond donors (Lipinski definition) is 3. The Morgan fingerprint density at radius 3 is 2.36 bits per heavy atom. The average Bonchev–Trinajstić information content (AvgIpc) is 3.05. The van der Waals surface area contributed by atoms with Crippen molar-refractivity contribution in [3.05, 3.63) is 83.7 Å². The number of aliphatic carboxylic acids is 1. The van der Waals surface area contributed by atoms with Gasteiger partial charge in [0.05, 0.1) is 18.8 Å². The van der Waals surface area contributed by atoms with E-state index in [9.17, 15) is 14.7 Å². The zero-order valence-electron chi connectivity index (χ0n) is 24.9. The summed E-state index contributed by atoms with van der Waals surface area (Å²) in [5, 5.41) is 21.2. The van der Waals surface area contributed by atoms with E-state index in [1.807, 2.05) is 54.6 Å². The van der Waals surface area contributed by atoms with Crippen LogP contribution >= 0.6 is 0 Å². The number of rotatable bonds is 13. The molecule has 3 heterocycles. The van der Waals surface area contributed by atoms with Crippen LogP contribution in [0.5, 0.6) is 0 Å². The van der Waals surface area contributed by atoms with Crippen LogP contribution in [0.3, 0.4) is 0 Å². The van der Waals surface area contributed by atoms with Crippen LogP contribution in [0, 0.1) is 0 Å². The molecule has 0 aliphatic carbocycles. The standard InChI is InChI=1S/C33H41N5O6/c39-23-24-10-12-25(13-11-24)29-21-28(22-37-16-18-38(19-17-37)33-34-14-5-15-35-33)43-32(44-29)26-6-4-7-27(20-26)36-30(40)8-2-1-3-9-31(41)42/h4-7,10-15,20,28-29,32,39H,1-3,8-9,16-19,21-23H2,(H,36,40)(H,41,42). The fourth-order valence-electron chi connectivity index (χ4n) is 5.63. The zero-order valence-corrected chi connectivity index (χ0v) is 24.9. The first-order valence-corrected chi connectivity index (χ1v) is 15.3. The number of nitrogens with one attached hydrogen (secondary N) is 1.